The van der Waals surface area contributed by atoms with Crippen molar-refractivity contribution in [3.05, 3.63) is 50.7 Å². The van der Waals surface area contributed by atoms with Gasteiger partial charge in [0.25, 0.3) is 0 Å². The molecule has 0 spiro atoms. The fourth-order valence-electron chi connectivity index (χ4n) is 2.93. The van der Waals surface area contributed by atoms with Crippen LogP contribution in [0.4, 0.5) is 13.2 Å². The molecule has 1 aliphatic rings. The number of carbonyl (C=O) groups is 1. The van der Waals surface area contributed by atoms with Gasteiger partial charge in [-0.2, -0.15) is 18.3 Å². The second kappa shape index (κ2) is 6.21. The number of carboxylic acid groups (broad SMARTS) is 1. The number of halogens is 4. The van der Waals surface area contributed by atoms with E-state index >= 15 is 0 Å². The number of rotatable bonds is 3. The van der Waals surface area contributed by atoms with Crippen molar-refractivity contribution in [1.29, 1.82) is 0 Å². The van der Waals surface area contributed by atoms with Gasteiger partial charge in [0.2, 0.25) is 0 Å². The molecule has 10 heteroatoms. The molecule has 1 aromatic carbocycles. The van der Waals surface area contributed by atoms with Crippen molar-refractivity contribution in [1.82, 2.24) is 14.3 Å². The Balaban J connectivity index is 1.94. The molecule has 25 heavy (non-hydrogen) atoms. The zero-order chi connectivity index (χ0) is 18.4. The summed E-state index contributed by atoms with van der Waals surface area (Å²) < 4.78 is 40.4. The highest BCUT2D eigenvalue weighted by Crippen LogP contribution is 2.35. The summed E-state index contributed by atoms with van der Waals surface area (Å²) >= 11 is 5.68. The van der Waals surface area contributed by atoms with E-state index in [1.807, 2.05) is 0 Å². The number of aliphatic carboxylic acids is 1. The number of aromatic nitrogens is 3. The molecule has 6 nitrogen and oxygen atoms in total. The first-order valence-electron chi connectivity index (χ1n) is 7.45. The van der Waals surface area contributed by atoms with E-state index in [9.17, 15) is 27.9 Å². The molecule has 0 bridgehead atoms. The van der Waals surface area contributed by atoms with Gasteiger partial charge in [0, 0.05) is 6.42 Å². The topological polar surface area (TPSA) is 77.1 Å². The molecular formula is C15H13ClF3N3O3. The molecule has 3 rings (SSSR count). The fraction of sp³-hybridized carbons (Fsp3) is 0.400. The van der Waals surface area contributed by atoms with E-state index in [0.717, 1.165) is 21.4 Å². The van der Waals surface area contributed by atoms with Crippen molar-refractivity contribution in [3.8, 4) is 0 Å². The second-order valence-corrected chi connectivity index (χ2v) is 6.19. The molecule has 1 atom stereocenters. The van der Waals surface area contributed by atoms with Gasteiger partial charge in [0.1, 0.15) is 11.9 Å². The third-order valence-corrected chi connectivity index (χ3v) is 4.40. The number of hydrogen-bond acceptors (Lipinski definition) is 3. The van der Waals surface area contributed by atoms with Gasteiger partial charge >= 0.3 is 17.8 Å². The molecule has 0 amide bonds. The van der Waals surface area contributed by atoms with Crippen LogP contribution in [0.2, 0.25) is 5.02 Å². The van der Waals surface area contributed by atoms with Crippen molar-refractivity contribution in [2.75, 3.05) is 0 Å². The third kappa shape index (κ3) is 3.28. The lowest BCUT2D eigenvalue weighted by atomic mass is 10.1. The van der Waals surface area contributed by atoms with Crippen LogP contribution in [0.25, 0.3) is 0 Å². The summed E-state index contributed by atoms with van der Waals surface area (Å²) in [6, 6.07) is 2.22. The molecule has 0 unspecified atom stereocenters. The van der Waals surface area contributed by atoms with Crippen molar-refractivity contribution < 1.29 is 23.1 Å². The summed E-state index contributed by atoms with van der Waals surface area (Å²) in [5, 5.41) is 12.9. The van der Waals surface area contributed by atoms with Crippen LogP contribution >= 0.6 is 11.6 Å². The van der Waals surface area contributed by atoms with Crippen LogP contribution in [0, 0.1) is 0 Å². The van der Waals surface area contributed by atoms with E-state index in [2.05, 4.69) is 5.10 Å². The Hall–Kier alpha value is -2.29. The Bertz CT molecular complexity index is 888. The monoisotopic (exact) mass is 375 g/mol. The van der Waals surface area contributed by atoms with Crippen molar-refractivity contribution in [3.63, 3.8) is 0 Å². The minimum Gasteiger partial charge on any atom is -0.480 e. The number of hydrogen-bond donors (Lipinski definition) is 1. The largest absolute Gasteiger partial charge is 0.480 e. The lowest BCUT2D eigenvalue weighted by Crippen LogP contribution is -2.34. The van der Waals surface area contributed by atoms with Gasteiger partial charge < -0.3 is 5.11 Å². The van der Waals surface area contributed by atoms with Gasteiger partial charge in [0.05, 0.1) is 17.1 Å². The predicted molar refractivity (Wildman–Crippen MR) is 81.7 cm³/mol. The maximum Gasteiger partial charge on any atom is 0.417 e. The third-order valence-electron chi connectivity index (χ3n) is 4.09. The standard InChI is InChI=1S/C15H13ClF3N3O3/c16-10-6-8(4-5-9(10)15(17,18)19)7-21-14(25)22-11(13(23)24)2-1-3-12(22)20-21/h4-6,11H,1-3,7H2,(H,23,24)/t11-/m0/s1. The second-order valence-electron chi connectivity index (χ2n) is 5.78. The smallest absolute Gasteiger partial charge is 0.417 e. The summed E-state index contributed by atoms with van der Waals surface area (Å²) in [4.78, 5) is 23.7. The van der Waals surface area contributed by atoms with Crippen LogP contribution in [-0.2, 0) is 23.9 Å². The molecule has 0 fully saturated rings. The number of carboxylic acids is 1. The molecule has 2 heterocycles. The number of benzene rings is 1. The van der Waals surface area contributed by atoms with Gasteiger partial charge in [-0.05, 0) is 30.5 Å². The van der Waals surface area contributed by atoms with Crippen LogP contribution in [-0.4, -0.2) is 25.4 Å². The molecule has 134 valence electrons. The van der Waals surface area contributed by atoms with E-state index in [-0.39, 0.29) is 6.54 Å². The van der Waals surface area contributed by atoms with Crippen LogP contribution in [0.1, 0.15) is 35.8 Å². The first-order chi connectivity index (χ1) is 11.7. The Morgan fingerprint density at radius 3 is 2.72 bits per heavy atom. The van der Waals surface area contributed by atoms with E-state index in [0.29, 0.717) is 30.7 Å². The number of alkyl halides is 3. The number of aryl methyl sites for hydroxylation is 1. The van der Waals surface area contributed by atoms with Gasteiger partial charge in [-0.3, -0.25) is 4.57 Å². The predicted octanol–water partition coefficient (Wildman–Crippen LogP) is 2.73. The van der Waals surface area contributed by atoms with Crippen molar-refractivity contribution in [2.45, 2.75) is 38.0 Å². The van der Waals surface area contributed by atoms with Crippen LogP contribution in [0.5, 0.6) is 0 Å². The van der Waals surface area contributed by atoms with E-state index < -0.39 is 34.5 Å². The van der Waals surface area contributed by atoms with E-state index in [1.165, 1.54) is 6.07 Å². The van der Waals surface area contributed by atoms with Crippen molar-refractivity contribution in [2.24, 2.45) is 0 Å². The zero-order valence-electron chi connectivity index (χ0n) is 12.8. The Labute approximate surface area is 144 Å². The van der Waals surface area contributed by atoms with Crippen molar-refractivity contribution >= 4 is 17.6 Å². The molecule has 0 radical (unpaired) electrons. The number of nitrogens with zero attached hydrogens (tertiary/aromatic N) is 3. The van der Waals surface area contributed by atoms with E-state index in [4.69, 9.17) is 11.6 Å². The first kappa shape index (κ1) is 17.5. The molecule has 1 N–H and O–H groups in total. The molecule has 2 aromatic rings. The average molecular weight is 376 g/mol. The van der Waals surface area contributed by atoms with Crippen LogP contribution in [0.3, 0.4) is 0 Å². The van der Waals surface area contributed by atoms with Gasteiger partial charge in [0.15, 0.2) is 0 Å². The fourth-order valence-corrected chi connectivity index (χ4v) is 3.24. The summed E-state index contributed by atoms with van der Waals surface area (Å²) in [5.41, 5.74) is -1.19. The summed E-state index contributed by atoms with van der Waals surface area (Å²) in [5.74, 6) is -0.748. The summed E-state index contributed by atoms with van der Waals surface area (Å²) in [6.07, 6.45) is -3.16. The molecule has 0 saturated heterocycles. The minimum atomic E-state index is -4.56. The highest BCUT2D eigenvalue weighted by molar-refractivity contribution is 6.31. The van der Waals surface area contributed by atoms with Gasteiger partial charge in [-0.25, -0.2) is 14.3 Å². The lowest BCUT2D eigenvalue weighted by Gasteiger charge is -2.19. The maximum absolute atomic E-state index is 12.7. The van der Waals surface area contributed by atoms with Gasteiger partial charge in [-0.1, -0.05) is 17.7 Å². The maximum atomic E-state index is 12.7. The van der Waals surface area contributed by atoms with E-state index in [1.54, 1.807) is 0 Å². The molecule has 0 aliphatic carbocycles. The Kier molecular flexibility index (Phi) is 4.36. The number of fused-ring (bicyclic) bond motifs is 1. The highest BCUT2D eigenvalue weighted by atomic mass is 35.5. The van der Waals surface area contributed by atoms with Crippen LogP contribution < -0.4 is 5.69 Å². The normalized spacial score (nSPS) is 17.4. The quantitative estimate of drug-likeness (QED) is 0.894. The van der Waals surface area contributed by atoms with Gasteiger partial charge in [-0.15, -0.1) is 0 Å². The summed E-state index contributed by atoms with van der Waals surface area (Å²) in [7, 11) is 0. The molecule has 1 aromatic heterocycles. The Morgan fingerprint density at radius 2 is 2.12 bits per heavy atom. The summed E-state index contributed by atoms with van der Waals surface area (Å²) in [6.45, 7) is -0.0942. The molecule has 0 saturated carbocycles. The molecular weight excluding hydrogens is 363 g/mol. The molecule has 1 aliphatic heterocycles. The average Bonchev–Trinajstić information content (AvgIpc) is 2.82. The SMILES string of the molecule is O=C(O)[C@@H]1CCCc2nn(Cc3ccc(C(F)(F)F)c(Cl)c3)c(=O)n21. The minimum absolute atomic E-state index is 0.0942. The zero-order valence-corrected chi connectivity index (χ0v) is 13.5. The first-order valence-corrected chi connectivity index (χ1v) is 7.83. The highest BCUT2D eigenvalue weighted by Gasteiger charge is 2.33. The lowest BCUT2D eigenvalue weighted by molar-refractivity contribution is -0.141. The Morgan fingerprint density at radius 1 is 1.40 bits per heavy atom. The van der Waals surface area contributed by atoms with Crippen LogP contribution in [0.15, 0.2) is 23.0 Å².